The van der Waals surface area contributed by atoms with E-state index in [0.29, 0.717) is 6.54 Å². The molecule has 0 radical (unpaired) electrons. The van der Waals surface area contributed by atoms with Gasteiger partial charge in [-0.05, 0) is 18.1 Å². The van der Waals surface area contributed by atoms with E-state index in [1.54, 1.807) is 4.90 Å². The average molecular weight is 318 g/mol. The van der Waals surface area contributed by atoms with Crippen LogP contribution in [0.2, 0.25) is 0 Å². The molecule has 0 atom stereocenters. The first-order valence-electron chi connectivity index (χ1n) is 7.25. The number of para-hydroxylation sites is 1. The van der Waals surface area contributed by atoms with Gasteiger partial charge in [-0.25, -0.2) is 8.78 Å². The Hall–Kier alpha value is -2.63. The van der Waals surface area contributed by atoms with E-state index in [4.69, 9.17) is 0 Å². The Kier molecular flexibility index (Phi) is 4.14. The number of benzene rings is 2. The van der Waals surface area contributed by atoms with Gasteiger partial charge in [0.05, 0.1) is 13.7 Å². The summed E-state index contributed by atoms with van der Waals surface area (Å²) in [5.41, 5.74) is 2.22. The monoisotopic (exact) mass is 318 g/mol. The van der Waals surface area contributed by atoms with Crippen molar-refractivity contribution >= 4 is 17.3 Å². The van der Waals surface area contributed by atoms with Gasteiger partial charge in [0, 0.05) is 30.1 Å². The van der Waals surface area contributed by atoms with Crippen molar-refractivity contribution in [1.82, 2.24) is 0 Å². The third-order valence-corrected chi connectivity index (χ3v) is 3.83. The van der Waals surface area contributed by atoms with Crippen LogP contribution in [-0.4, -0.2) is 26.1 Å². The van der Waals surface area contributed by atoms with Crippen LogP contribution in [0.15, 0.2) is 36.4 Å². The van der Waals surface area contributed by atoms with Gasteiger partial charge in [0.2, 0.25) is 5.91 Å². The van der Waals surface area contributed by atoms with E-state index in [0.717, 1.165) is 29.8 Å². The molecule has 0 unspecified atom stereocenters. The highest BCUT2D eigenvalue weighted by molar-refractivity contribution is 5.98. The van der Waals surface area contributed by atoms with E-state index in [1.807, 2.05) is 24.3 Å². The van der Waals surface area contributed by atoms with Crippen molar-refractivity contribution in [1.29, 1.82) is 0 Å². The third-order valence-electron chi connectivity index (χ3n) is 3.83. The second-order valence-electron chi connectivity index (χ2n) is 5.25. The van der Waals surface area contributed by atoms with E-state index in [9.17, 15) is 13.6 Å². The molecule has 0 saturated heterocycles. The maximum atomic E-state index is 13.6. The lowest BCUT2D eigenvalue weighted by molar-refractivity contribution is -0.116. The molecule has 3 rings (SSSR count). The second-order valence-corrected chi connectivity index (χ2v) is 5.25. The number of nitrogens with one attached hydrogen (secondary N) is 1. The van der Waals surface area contributed by atoms with Crippen LogP contribution in [0.25, 0.3) is 0 Å². The molecule has 0 spiro atoms. The zero-order valence-corrected chi connectivity index (χ0v) is 12.6. The van der Waals surface area contributed by atoms with Crippen LogP contribution in [0.1, 0.15) is 5.56 Å². The molecule has 1 aliphatic heterocycles. The lowest BCUT2D eigenvalue weighted by Crippen LogP contribution is -2.34. The molecule has 0 fully saturated rings. The average Bonchev–Trinajstić information content (AvgIpc) is 2.96. The van der Waals surface area contributed by atoms with Crippen molar-refractivity contribution < 1.29 is 18.3 Å². The van der Waals surface area contributed by atoms with Crippen molar-refractivity contribution in [3.63, 3.8) is 0 Å². The largest absolute Gasteiger partial charge is 0.491 e. The first-order valence-corrected chi connectivity index (χ1v) is 7.25. The third kappa shape index (κ3) is 2.97. The molecule has 2 aromatic carbocycles. The van der Waals surface area contributed by atoms with E-state index in [2.05, 4.69) is 10.1 Å². The van der Waals surface area contributed by atoms with E-state index < -0.39 is 17.4 Å². The van der Waals surface area contributed by atoms with Crippen LogP contribution in [0, 0.1) is 11.6 Å². The summed E-state index contributed by atoms with van der Waals surface area (Å²) >= 11 is 0. The number of anilines is 2. The number of hydrogen-bond acceptors (Lipinski definition) is 3. The predicted octanol–water partition coefficient (Wildman–Crippen LogP) is 2.97. The van der Waals surface area contributed by atoms with Crippen molar-refractivity contribution in [2.24, 2.45) is 0 Å². The lowest BCUT2D eigenvalue weighted by Gasteiger charge is -2.18. The van der Waals surface area contributed by atoms with Gasteiger partial charge in [0.25, 0.3) is 0 Å². The number of nitrogens with zero attached hydrogens (tertiary/aromatic N) is 1. The molecule has 0 bridgehead atoms. The highest BCUT2D eigenvalue weighted by atomic mass is 19.1. The Bertz CT molecular complexity index is 726. The molecular weight excluding hydrogens is 302 g/mol. The normalized spacial score (nSPS) is 12.9. The van der Waals surface area contributed by atoms with Gasteiger partial charge >= 0.3 is 0 Å². The predicted molar refractivity (Wildman–Crippen MR) is 83.9 cm³/mol. The van der Waals surface area contributed by atoms with Gasteiger partial charge in [0.15, 0.2) is 17.4 Å². The number of methoxy groups -OCH3 is 1. The number of amides is 1. The number of carbonyl (C=O) groups excluding carboxylic acids is 1. The fraction of sp³-hybridized carbons (Fsp3) is 0.235. The first-order chi connectivity index (χ1) is 11.1. The fourth-order valence-corrected chi connectivity index (χ4v) is 2.73. The van der Waals surface area contributed by atoms with Gasteiger partial charge in [-0.2, -0.15) is 0 Å². The Morgan fingerprint density at radius 2 is 1.96 bits per heavy atom. The Morgan fingerprint density at radius 1 is 1.26 bits per heavy atom. The molecule has 1 heterocycles. The van der Waals surface area contributed by atoms with Crippen LogP contribution in [-0.2, 0) is 11.2 Å². The molecule has 0 saturated carbocycles. The van der Waals surface area contributed by atoms with Crippen LogP contribution in [0.4, 0.5) is 20.2 Å². The Balaban J connectivity index is 1.69. The minimum absolute atomic E-state index is 0.0421. The maximum Gasteiger partial charge on any atom is 0.246 e. The number of halogens is 2. The highest BCUT2D eigenvalue weighted by Crippen LogP contribution is 2.28. The summed E-state index contributed by atoms with van der Waals surface area (Å²) in [4.78, 5) is 14.0. The van der Waals surface area contributed by atoms with Crippen molar-refractivity contribution in [3.8, 4) is 5.75 Å². The Morgan fingerprint density at radius 3 is 2.65 bits per heavy atom. The molecule has 1 N–H and O–H groups in total. The number of hydrogen-bond donors (Lipinski definition) is 1. The van der Waals surface area contributed by atoms with Crippen molar-refractivity contribution in [2.75, 3.05) is 30.4 Å². The van der Waals surface area contributed by atoms with Gasteiger partial charge in [0.1, 0.15) is 0 Å². The summed E-state index contributed by atoms with van der Waals surface area (Å²) in [6.07, 6.45) is 0.813. The molecule has 4 nitrogen and oxygen atoms in total. The summed E-state index contributed by atoms with van der Waals surface area (Å²) in [6, 6.07) is 9.91. The van der Waals surface area contributed by atoms with Gasteiger partial charge in [-0.1, -0.05) is 18.2 Å². The summed E-state index contributed by atoms with van der Waals surface area (Å²) < 4.78 is 31.9. The second kappa shape index (κ2) is 6.24. The maximum absolute atomic E-state index is 13.6. The first kappa shape index (κ1) is 15.3. The van der Waals surface area contributed by atoms with Crippen molar-refractivity contribution in [3.05, 3.63) is 53.6 Å². The van der Waals surface area contributed by atoms with Crippen LogP contribution in [0.5, 0.6) is 5.75 Å². The van der Waals surface area contributed by atoms with E-state index in [1.165, 1.54) is 7.11 Å². The fourth-order valence-electron chi connectivity index (χ4n) is 2.73. The molecular formula is C17H16F2N2O2. The molecule has 23 heavy (non-hydrogen) atoms. The van der Waals surface area contributed by atoms with Crippen LogP contribution < -0.4 is 15.0 Å². The molecule has 1 amide bonds. The minimum Gasteiger partial charge on any atom is -0.491 e. The SMILES string of the molecule is COc1c(F)cc(NCC(=O)N2CCc3ccccc32)cc1F. The lowest BCUT2D eigenvalue weighted by atomic mass is 10.2. The molecule has 1 aliphatic rings. The van der Waals surface area contributed by atoms with Crippen LogP contribution >= 0.6 is 0 Å². The molecule has 120 valence electrons. The number of carbonyl (C=O) groups is 1. The van der Waals surface area contributed by atoms with E-state index in [-0.39, 0.29) is 18.1 Å². The van der Waals surface area contributed by atoms with Gasteiger partial charge < -0.3 is 15.0 Å². The highest BCUT2D eigenvalue weighted by Gasteiger charge is 2.23. The van der Waals surface area contributed by atoms with Crippen LogP contribution in [0.3, 0.4) is 0 Å². The summed E-state index contributed by atoms with van der Waals surface area (Å²) in [7, 11) is 1.20. The molecule has 6 heteroatoms. The quantitative estimate of drug-likeness (QED) is 0.942. The van der Waals surface area contributed by atoms with Gasteiger partial charge in [-0.15, -0.1) is 0 Å². The smallest absolute Gasteiger partial charge is 0.246 e. The number of ether oxygens (including phenoxy) is 1. The Labute approximate surface area is 132 Å². The van der Waals surface area contributed by atoms with Gasteiger partial charge in [-0.3, -0.25) is 4.79 Å². The molecule has 2 aromatic rings. The summed E-state index contributed by atoms with van der Waals surface area (Å²) in [5.74, 6) is -2.20. The number of rotatable bonds is 4. The summed E-state index contributed by atoms with van der Waals surface area (Å²) in [5, 5.41) is 2.76. The standard InChI is InChI=1S/C17H16F2N2O2/c1-23-17-13(18)8-12(9-14(17)19)20-10-16(22)21-7-6-11-4-2-3-5-15(11)21/h2-5,8-9,20H,6-7,10H2,1H3. The summed E-state index contributed by atoms with van der Waals surface area (Å²) in [6.45, 7) is 0.574. The minimum atomic E-state index is -0.811. The topological polar surface area (TPSA) is 41.6 Å². The molecule has 0 aromatic heterocycles. The van der Waals surface area contributed by atoms with Crippen molar-refractivity contribution in [2.45, 2.75) is 6.42 Å². The zero-order chi connectivity index (χ0) is 16.4. The van der Waals surface area contributed by atoms with E-state index >= 15 is 0 Å². The zero-order valence-electron chi connectivity index (χ0n) is 12.6. The number of fused-ring (bicyclic) bond motifs is 1. The molecule has 0 aliphatic carbocycles.